The van der Waals surface area contributed by atoms with Crippen LogP contribution in [0.2, 0.25) is 0 Å². The van der Waals surface area contributed by atoms with Crippen molar-refractivity contribution in [2.45, 2.75) is 13.8 Å². The molecule has 1 heterocycles. The van der Waals surface area contributed by atoms with E-state index in [4.69, 9.17) is 11.5 Å². The molecular weight excluding hydrogens is 219 g/mol. The molecule has 0 radical (unpaired) electrons. The molecule has 0 aliphatic rings. The fraction of sp³-hybridized carbons (Fsp3) is 0.167. The predicted molar refractivity (Wildman–Crippen MR) is 65.7 cm³/mol. The molecule has 4 N–H and O–H groups in total. The molecule has 2 aromatic rings. The minimum atomic E-state index is -0.333. The average Bonchev–Trinajstić information content (AvgIpc) is 2.13. The van der Waals surface area contributed by atoms with Gasteiger partial charge in [-0.05, 0) is 31.0 Å². The van der Waals surface area contributed by atoms with Crippen molar-refractivity contribution in [1.29, 1.82) is 0 Å². The molecule has 0 unspecified atom stereocenters. The minimum Gasteiger partial charge on any atom is -0.384 e. The lowest BCUT2D eigenvalue weighted by Crippen LogP contribution is -2.02. The van der Waals surface area contributed by atoms with E-state index >= 15 is 0 Å². The first-order valence-electron chi connectivity index (χ1n) is 5.14. The van der Waals surface area contributed by atoms with E-state index in [0.29, 0.717) is 11.3 Å². The van der Waals surface area contributed by atoms with Crippen molar-refractivity contribution in [3.8, 4) is 11.3 Å². The third-order valence-corrected chi connectivity index (χ3v) is 2.45. The molecule has 88 valence electrons. The van der Waals surface area contributed by atoms with Gasteiger partial charge in [0, 0.05) is 11.6 Å². The maximum absolute atomic E-state index is 13.9. The topological polar surface area (TPSA) is 77.8 Å². The highest BCUT2D eigenvalue weighted by atomic mass is 19.1. The molecule has 17 heavy (non-hydrogen) atoms. The normalized spacial score (nSPS) is 10.5. The fourth-order valence-corrected chi connectivity index (χ4v) is 1.85. The molecule has 0 fully saturated rings. The number of hydrogen-bond acceptors (Lipinski definition) is 4. The standard InChI is InChI=1S/C12H13FN4/c1-6-3-7(2)11(8(13)4-6)9-5-10(14)17-12(15)16-9/h3-5H,1-2H3,(H4,14,15,16,17). The third kappa shape index (κ3) is 2.18. The molecule has 4 nitrogen and oxygen atoms in total. The molecule has 0 aliphatic carbocycles. The molecule has 0 aliphatic heterocycles. The molecule has 0 spiro atoms. The number of hydrogen-bond donors (Lipinski definition) is 2. The number of nitrogen functional groups attached to an aromatic ring is 2. The van der Waals surface area contributed by atoms with Crippen LogP contribution in [0, 0.1) is 19.7 Å². The molecule has 0 amide bonds. The lowest BCUT2D eigenvalue weighted by atomic mass is 10.0. The van der Waals surface area contributed by atoms with Gasteiger partial charge >= 0.3 is 0 Å². The monoisotopic (exact) mass is 232 g/mol. The van der Waals surface area contributed by atoms with Crippen molar-refractivity contribution in [3.05, 3.63) is 35.1 Å². The van der Waals surface area contributed by atoms with Crippen molar-refractivity contribution < 1.29 is 4.39 Å². The molecular formula is C12H13FN4. The second-order valence-corrected chi connectivity index (χ2v) is 3.97. The minimum absolute atomic E-state index is 0.0411. The van der Waals surface area contributed by atoms with Gasteiger partial charge in [0.25, 0.3) is 0 Å². The van der Waals surface area contributed by atoms with Crippen LogP contribution >= 0.6 is 0 Å². The number of benzene rings is 1. The Morgan fingerprint density at radius 1 is 1.06 bits per heavy atom. The summed E-state index contributed by atoms with van der Waals surface area (Å²) in [5.41, 5.74) is 13.5. The zero-order valence-corrected chi connectivity index (χ0v) is 9.66. The number of rotatable bonds is 1. The van der Waals surface area contributed by atoms with Crippen LogP contribution in [-0.4, -0.2) is 9.97 Å². The molecule has 0 atom stereocenters. The second kappa shape index (κ2) is 4.01. The zero-order valence-electron chi connectivity index (χ0n) is 9.66. The van der Waals surface area contributed by atoms with Gasteiger partial charge < -0.3 is 11.5 Å². The summed E-state index contributed by atoms with van der Waals surface area (Å²) in [5, 5.41) is 0. The Kier molecular flexibility index (Phi) is 2.67. The van der Waals surface area contributed by atoms with Crippen LogP contribution in [0.25, 0.3) is 11.3 Å². The third-order valence-electron chi connectivity index (χ3n) is 2.45. The Bertz CT molecular complexity index is 537. The maximum atomic E-state index is 13.9. The fourth-order valence-electron chi connectivity index (χ4n) is 1.85. The Morgan fingerprint density at radius 3 is 2.35 bits per heavy atom. The van der Waals surface area contributed by atoms with Gasteiger partial charge in [-0.1, -0.05) is 6.07 Å². The number of aromatic nitrogens is 2. The molecule has 1 aromatic carbocycles. The van der Waals surface area contributed by atoms with E-state index in [-0.39, 0.29) is 17.6 Å². The van der Waals surface area contributed by atoms with Gasteiger partial charge in [-0.3, -0.25) is 0 Å². The van der Waals surface area contributed by atoms with Crippen LogP contribution in [0.4, 0.5) is 16.2 Å². The van der Waals surface area contributed by atoms with E-state index in [1.807, 2.05) is 19.9 Å². The summed E-state index contributed by atoms with van der Waals surface area (Å²) in [6.07, 6.45) is 0. The molecule has 0 saturated heterocycles. The van der Waals surface area contributed by atoms with E-state index in [9.17, 15) is 4.39 Å². The molecule has 1 aromatic heterocycles. The number of nitrogens with zero attached hydrogens (tertiary/aromatic N) is 2. The SMILES string of the molecule is Cc1cc(C)c(-c2cc(N)nc(N)n2)c(F)c1. The second-order valence-electron chi connectivity index (χ2n) is 3.97. The molecule has 2 rings (SSSR count). The first-order valence-corrected chi connectivity index (χ1v) is 5.14. The highest BCUT2D eigenvalue weighted by Crippen LogP contribution is 2.27. The van der Waals surface area contributed by atoms with Crippen LogP contribution in [0.1, 0.15) is 11.1 Å². The average molecular weight is 232 g/mol. The smallest absolute Gasteiger partial charge is 0.222 e. The van der Waals surface area contributed by atoms with Crippen molar-refractivity contribution in [1.82, 2.24) is 9.97 Å². The van der Waals surface area contributed by atoms with E-state index < -0.39 is 0 Å². The van der Waals surface area contributed by atoms with Gasteiger partial charge in [-0.2, -0.15) is 4.98 Å². The van der Waals surface area contributed by atoms with Crippen molar-refractivity contribution >= 4 is 11.8 Å². The largest absolute Gasteiger partial charge is 0.384 e. The zero-order chi connectivity index (χ0) is 12.6. The van der Waals surface area contributed by atoms with Gasteiger partial charge in [-0.15, -0.1) is 0 Å². The van der Waals surface area contributed by atoms with E-state index in [0.717, 1.165) is 11.1 Å². The first-order chi connectivity index (χ1) is 7.97. The Labute approximate surface area is 98.5 Å². The lowest BCUT2D eigenvalue weighted by molar-refractivity contribution is 0.628. The molecule has 0 saturated carbocycles. The summed E-state index contributed by atoms with van der Waals surface area (Å²) < 4.78 is 13.9. The van der Waals surface area contributed by atoms with E-state index in [2.05, 4.69) is 9.97 Å². The predicted octanol–water partition coefficient (Wildman–Crippen LogP) is 2.06. The molecule has 5 heteroatoms. The maximum Gasteiger partial charge on any atom is 0.222 e. The summed E-state index contributed by atoms with van der Waals surface area (Å²) in [7, 11) is 0. The highest BCUT2D eigenvalue weighted by molar-refractivity contribution is 5.67. The van der Waals surface area contributed by atoms with Gasteiger partial charge in [-0.25, -0.2) is 9.37 Å². The number of aryl methyl sites for hydroxylation is 2. The van der Waals surface area contributed by atoms with Crippen LogP contribution in [0.3, 0.4) is 0 Å². The van der Waals surface area contributed by atoms with Gasteiger partial charge in [0.05, 0.1) is 5.69 Å². The van der Waals surface area contributed by atoms with Crippen LogP contribution in [0.15, 0.2) is 18.2 Å². The number of nitrogens with two attached hydrogens (primary N) is 2. The van der Waals surface area contributed by atoms with Crippen LogP contribution in [-0.2, 0) is 0 Å². The summed E-state index contributed by atoms with van der Waals surface area (Å²) >= 11 is 0. The summed E-state index contributed by atoms with van der Waals surface area (Å²) in [6, 6.07) is 4.85. The van der Waals surface area contributed by atoms with Crippen molar-refractivity contribution in [2.75, 3.05) is 11.5 Å². The van der Waals surface area contributed by atoms with Crippen molar-refractivity contribution in [3.63, 3.8) is 0 Å². The number of halogens is 1. The Morgan fingerprint density at radius 2 is 1.76 bits per heavy atom. The highest BCUT2D eigenvalue weighted by Gasteiger charge is 2.12. The number of anilines is 2. The summed E-state index contributed by atoms with van der Waals surface area (Å²) in [5.74, 6) is -0.0637. The Hall–Kier alpha value is -2.17. The van der Waals surface area contributed by atoms with Gasteiger partial charge in [0.2, 0.25) is 5.95 Å². The van der Waals surface area contributed by atoms with Gasteiger partial charge in [0.1, 0.15) is 11.6 Å². The summed E-state index contributed by atoms with van der Waals surface area (Å²) in [4.78, 5) is 7.76. The van der Waals surface area contributed by atoms with Crippen LogP contribution < -0.4 is 11.5 Å². The van der Waals surface area contributed by atoms with Crippen LogP contribution in [0.5, 0.6) is 0 Å². The quantitative estimate of drug-likeness (QED) is 0.788. The molecule has 0 bridgehead atoms. The first kappa shape index (κ1) is 11.3. The van der Waals surface area contributed by atoms with Gasteiger partial charge in [0.15, 0.2) is 0 Å². The summed E-state index contributed by atoms with van der Waals surface area (Å²) in [6.45, 7) is 3.66. The Balaban J connectivity index is 2.68. The van der Waals surface area contributed by atoms with E-state index in [1.165, 1.54) is 12.1 Å². The van der Waals surface area contributed by atoms with E-state index in [1.54, 1.807) is 0 Å². The van der Waals surface area contributed by atoms with Crippen molar-refractivity contribution in [2.24, 2.45) is 0 Å². The lowest BCUT2D eigenvalue weighted by Gasteiger charge is -2.09.